The van der Waals surface area contributed by atoms with Crippen LogP contribution in [0.3, 0.4) is 0 Å². The van der Waals surface area contributed by atoms with Gasteiger partial charge in [0.1, 0.15) is 0 Å². The minimum absolute atomic E-state index is 0.569. The average Bonchev–Trinajstić information content (AvgIpc) is 2.22. The standard InChI is InChI=1S/C13H17NO2/c1-10-5-6-11(2)12(8-10)9-14-7-3-4-13(15)16/h3-6,8,14H,7,9H2,1-2H3,(H,15,16)/b4-3+. The first-order chi connectivity index (χ1) is 7.59. The molecule has 86 valence electrons. The molecule has 3 nitrogen and oxygen atoms in total. The van der Waals surface area contributed by atoms with Crippen LogP contribution in [0.25, 0.3) is 0 Å². The lowest BCUT2D eigenvalue weighted by atomic mass is 10.1. The maximum absolute atomic E-state index is 10.2. The SMILES string of the molecule is Cc1ccc(C)c(CNC/C=C/C(=O)O)c1. The second-order valence-corrected chi connectivity index (χ2v) is 3.80. The fourth-order valence-corrected chi connectivity index (χ4v) is 1.44. The van der Waals surface area contributed by atoms with Gasteiger partial charge in [-0.15, -0.1) is 0 Å². The van der Waals surface area contributed by atoms with Crippen molar-refractivity contribution >= 4 is 5.97 Å². The van der Waals surface area contributed by atoms with Crippen molar-refractivity contribution in [1.29, 1.82) is 0 Å². The van der Waals surface area contributed by atoms with E-state index >= 15 is 0 Å². The van der Waals surface area contributed by atoms with Crippen LogP contribution in [-0.4, -0.2) is 17.6 Å². The van der Waals surface area contributed by atoms with Crippen molar-refractivity contribution in [2.45, 2.75) is 20.4 Å². The molecule has 16 heavy (non-hydrogen) atoms. The van der Waals surface area contributed by atoms with Crippen LogP contribution in [-0.2, 0) is 11.3 Å². The second kappa shape index (κ2) is 6.08. The van der Waals surface area contributed by atoms with Gasteiger partial charge < -0.3 is 10.4 Å². The van der Waals surface area contributed by atoms with E-state index in [9.17, 15) is 4.79 Å². The van der Waals surface area contributed by atoms with E-state index in [2.05, 4.69) is 37.4 Å². The highest BCUT2D eigenvalue weighted by Crippen LogP contribution is 2.09. The van der Waals surface area contributed by atoms with Gasteiger partial charge in [-0.1, -0.05) is 29.8 Å². The normalized spacial score (nSPS) is 10.9. The van der Waals surface area contributed by atoms with Crippen LogP contribution in [0.5, 0.6) is 0 Å². The van der Waals surface area contributed by atoms with Crippen LogP contribution in [0.4, 0.5) is 0 Å². The molecule has 0 aromatic heterocycles. The molecule has 0 heterocycles. The summed E-state index contributed by atoms with van der Waals surface area (Å²) in [5, 5.41) is 11.6. The minimum atomic E-state index is -0.909. The zero-order chi connectivity index (χ0) is 12.0. The summed E-state index contributed by atoms with van der Waals surface area (Å²) in [6.45, 7) is 5.47. The lowest BCUT2D eigenvalue weighted by molar-refractivity contribution is -0.131. The number of aliphatic carboxylic acids is 1. The van der Waals surface area contributed by atoms with Crippen molar-refractivity contribution in [3.8, 4) is 0 Å². The Labute approximate surface area is 95.8 Å². The lowest BCUT2D eigenvalue weighted by Crippen LogP contribution is -2.14. The van der Waals surface area contributed by atoms with Gasteiger partial charge in [0.15, 0.2) is 0 Å². The molecular weight excluding hydrogens is 202 g/mol. The Balaban J connectivity index is 2.43. The van der Waals surface area contributed by atoms with Gasteiger partial charge in [-0.05, 0) is 25.0 Å². The molecule has 0 aliphatic heterocycles. The molecule has 1 rings (SSSR count). The van der Waals surface area contributed by atoms with Crippen molar-refractivity contribution in [2.24, 2.45) is 0 Å². The fourth-order valence-electron chi connectivity index (χ4n) is 1.44. The summed E-state index contributed by atoms with van der Waals surface area (Å²) in [6, 6.07) is 6.33. The number of carbonyl (C=O) groups is 1. The number of carboxylic acid groups (broad SMARTS) is 1. The summed E-state index contributed by atoms with van der Waals surface area (Å²) in [5.41, 5.74) is 3.74. The molecule has 0 aliphatic carbocycles. The Morgan fingerprint density at radius 3 is 2.88 bits per heavy atom. The fraction of sp³-hybridized carbons (Fsp3) is 0.308. The van der Waals surface area contributed by atoms with Gasteiger partial charge in [-0.25, -0.2) is 4.79 Å². The van der Waals surface area contributed by atoms with Crippen molar-refractivity contribution in [3.63, 3.8) is 0 Å². The molecule has 0 fully saturated rings. The summed E-state index contributed by atoms with van der Waals surface area (Å²) in [7, 11) is 0. The molecule has 0 atom stereocenters. The smallest absolute Gasteiger partial charge is 0.328 e. The molecule has 1 aromatic rings. The van der Waals surface area contributed by atoms with Crippen molar-refractivity contribution in [1.82, 2.24) is 5.32 Å². The van der Waals surface area contributed by atoms with Crippen molar-refractivity contribution in [2.75, 3.05) is 6.54 Å². The summed E-state index contributed by atoms with van der Waals surface area (Å²) in [5.74, 6) is -0.909. The van der Waals surface area contributed by atoms with Crippen LogP contribution in [0.1, 0.15) is 16.7 Å². The van der Waals surface area contributed by atoms with Crippen LogP contribution in [0.15, 0.2) is 30.4 Å². The molecule has 0 saturated heterocycles. The molecule has 0 aliphatic rings. The number of aryl methyl sites for hydroxylation is 2. The summed E-state index contributed by atoms with van der Waals surface area (Å²) in [4.78, 5) is 10.2. The number of nitrogens with one attached hydrogen (secondary N) is 1. The van der Waals surface area contributed by atoms with Crippen LogP contribution in [0, 0.1) is 13.8 Å². The van der Waals surface area contributed by atoms with E-state index in [1.54, 1.807) is 6.08 Å². The highest BCUT2D eigenvalue weighted by atomic mass is 16.4. The van der Waals surface area contributed by atoms with Crippen molar-refractivity contribution < 1.29 is 9.90 Å². The average molecular weight is 219 g/mol. The first kappa shape index (κ1) is 12.5. The summed E-state index contributed by atoms with van der Waals surface area (Å²) >= 11 is 0. The molecule has 0 bridgehead atoms. The van der Waals surface area contributed by atoms with Gasteiger partial charge >= 0.3 is 5.97 Å². The number of carboxylic acids is 1. The Morgan fingerprint density at radius 2 is 2.19 bits per heavy atom. The minimum Gasteiger partial charge on any atom is -0.478 e. The number of hydrogen-bond donors (Lipinski definition) is 2. The third kappa shape index (κ3) is 4.28. The predicted molar refractivity (Wildman–Crippen MR) is 64.4 cm³/mol. The van der Waals surface area contributed by atoms with Gasteiger partial charge in [-0.2, -0.15) is 0 Å². The van der Waals surface area contributed by atoms with E-state index in [0.717, 1.165) is 12.6 Å². The third-order valence-corrected chi connectivity index (χ3v) is 2.34. The molecule has 0 unspecified atom stereocenters. The van der Waals surface area contributed by atoms with E-state index in [1.165, 1.54) is 16.7 Å². The molecule has 3 heteroatoms. The number of hydrogen-bond acceptors (Lipinski definition) is 2. The van der Waals surface area contributed by atoms with Gasteiger partial charge in [0.2, 0.25) is 0 Å². The number of benzene rings is 1. The molecule has 0 amide bonds. The van der Waals surface area contributed by atoms with Crippen LogP contribution in [0.2, 0.25) is 0 Å². The van der Waals surface area contributed by atoms with Crippen LogP contribution >= 0.6 is 0 Å². The first-order valence-electron chi connectivity index (χ1n) is 5.26. The highest BCUT2D eigenvalue weighted by molar-refractivity contribution is 5.79. The maximum atomic E-state index is 10.2. The predicted octanol–water partition coefficient (Wildman–Crippen LogP) is 2.03. The first-order valence-corrected chi connectivity index (χ1v) is 5.26. The summed E-state index contributed by atoms with van der Waals surface area (Å²) < 4.78 is 0. The molecule has 0 radical (unpaired) electrons. The highest BCUT2D eigenvalue weighted by Gasteiger charge is 1.97. The quantitative estimate of drug-likeness (QED) is 0.588. The monoisotopic (exact) mass is 219 g/mol. The molecule has 1 aromatic carbocycles. The summed E-state index contributed by atoms with van der Waals surface area (Å²) in [6.07, 6.45) is 2.75. The molecule has 2 N–H and O–H groups in total. The van der Waals surface area contributed by atoms with E-state index in [0.29, 0.717) is 6.54 Å². The molecule has 0 saturated carbocycles. The van der Waals surface area contributed by atoms with Crippen molar-refractivity contribution in [3.05, 3.63) is 47.0 Å². The van der Waals surface area contributed by atoms with E-state index in [1.807, 2.05) is 0 Å². The van der Waals surface area contributed by atoms with Gasteiger partial charge in [0.05, 0.1) is 0 Å². The molecule has 0 spiro atoms. The lowest BCUT2D eigenvalue weighted by Gasteiger charge is -2.07. The zero-order valence-corrected chi connectivity index (χ0v) is 9.66. The van der Waals surface area contributed by atoms with Gasteiger partial charge in [0, 0.05) is 19.2 Å². The van der Waals surface area contributed by atoms with Gasteiger partial charge in [0.25, 0.3) is 0 Å². The van der Waals surface area contributed by atoms with Gasteiger partial charge in [-0.3, -0.25) is 0 Å². The third-order valence-electron chi connectivity index (χ3n) is 2.34. The van der Waals surface area contributed by atoms with E-state index in [4.69, 9.17) is 5.11 Å². The Hall–Kier alpha value is -1.61. The second-order valence-electron chi connectivity index (χ2n) is 3.80. The Kier molecular flexibility index (Phi) is 4.73. The Morgan fingerprint density at radius 1 is 1.44 bits per heavy atom. The number of rotatable bonds is 5. The van der Waals surface area contributed by atoms with Crippen LogP contribution < -0.4 is 5.32 Å². The van der Waals surface area contributed by atoms with E-state index in [-0.39, 0.29) is 0 Å². The Bertz CT molecular complexity index is 397. The maximum Gasteiger partial charge on any atom is 0.328 e. The zero-order valence-electron chi connectivity index (χ0n) is 9.66. The largest absolute Gasteiger partial charge is 0.478 e. The topological polar surface area (TPSA) is 49.3 Å². The molecular formula is C13H17NO2. The van der Waals surface area contributed by atoms with E-state index < -0.39 is 5.97 Å².